The SMILES string of the molecule is C=C/C(=C\N[C@H](C)[C@H]1C=C(CN2CC=C2/C=C\C(=C)c2cccc(C)c2)C=CC1)CCC(CCC)CCC. The van der Waals surface area contributed by atoms with Gasteiger partial charge in [-0.05, 0) is 79.7 Å². The molecule has 1 aromatic carbocycles. The van der Waals surface area contributed by atoms with Gasteiger partial charge in [-0.25, -0.2) is 0 Å². The van der Waals surface area contributed by atoms with Crippen LogP contribution in [0.1, 0.15) is 76.8 Å². The monoisotopic (exact) mass is 510 g/mol. The first-order valence-corrected chi connectivity index (χ1v) is 14.8. The van der Waals surface area contributed by atoms with E-state index in [2.05, 4.69) is 118 Å². The molecule has 204 valence electrons. The quantitative estimate of drug-likeness (QED) is 0.223. The predicted octanol–water partition coefficient (Wildman–Crippen LogP) is 9.31. The number of aryl methyl sites for hydroxylation is 1. The number of nitrogens with zero attached hydrogens (tertiary/aromatic N) is 1. The zero-order valence-corrected chi connectivity index (χ0v) is 24.4. The molecular formula is C36H50N2. The molecule has 0 saturated heterocycles. The predicted molar refractivity (Wildman–Crippen MR) is 168 cm³/mol. The summed E-state index contributed by atoms with van der Waals surface area (Å²) in [4.78, 5) is 2.44. The lowest BCUT2D eigenvalue weighted by molar-refractivity contribution is 0.376. The summed E-state index contributed by atoms with van der Waals surface area (Å²) in [6.45, 7) is 19.3. The molecule has 3 rings (SSSR count). The second-order valence-corrected chi connectivity index (χ2v) is 11.1. The minimum Gasteiger partial charge on any atom is -0.388 e. The van der Waals surface area contributed by atoms with Gasteiger partial charge in [0, 0.05) is 30.7 Å². The summed E-state index contributed by atoms with van der Waals surface area (Å²) in [6, 6.07) is 8.92. The second kappa shape index (κ2) is 15.4. The molecule has 0 amide bonds. The number of benzene rings is 1. The second-order valence-electron chi connectivity index (χ2n) is 11.1. The molecule has 38 heavy (non-hydrogen) atoms. The van der Waals surface area contributed by atoms with Crippen LogP contribution in [0.5, 0.6) is 0 Å². The first-order valence-electron chi connectivity index (χ1n) is 14.8. The molecule has 1 aliphatic carbocycles. The minimum atomic E-state index is 0.385. The Hall–Kier alpha value is -3.00. The molecular weight excluding hydrogens is 460 g/mol. The highest BCUT2D eigenvalue weighted by Crippen LogP contribution is 2.26. The fourth-order valence-corrected chi connectivity index (χ4v) is 5.45. The first kappa shape index (κ1) is 29.6. The molecule has 1 aromatic rings. The van der Waals surface area contributed by atoms with Crippen molar-refractivity contribution in [2.45, 2.75) is 78.7 Å². The lowest BCUT2D eigenvalue weighted by Crippen LogP contribution is -2.34. The van der Waals surface area contributed by atoms with Crippen LogP contribution in [-0.2, 0) is 0 Å². The van der Waals surface area contributed by atoms with E-state index in [1.54, 1.807) is 0 Å². The van der Waals surface area contributed by atoms with Gasteiger partial charge in [0.25, 0.3) is 0 Å². The average molecular weight is 511 g/mol. The van der Waals surface area contributed by atoms with Crippen molar-refractivity contribution in [2.75, 3.05) is 13.1 Å². The first-order chi connectivity index (χ1) is 18.4. The van der Waals surface area contributed by atoms with Crippen LogP contribution in [0.2, 0.25) is 0 Å². The standard InChI is InChI=1S/C36H50N2/c1-7-12-32(13-8-2)20-19-31(9-3)26-37-30(6)35-17-11-15-33(25-35)27-38-23-22-36(38)21-18-29(5)34-16-10-14-28(4)24-34/h9-11,14-16,18,21-22,24-26,30,32,35,37H,3,5,7-8,12-13,17,19-20,23,27H2,1-2,4,6H3/b21-18-,31-26+/t30-,35-/m1/s1. The Bertz CT molecular complexity index is 1070. The summed E-state index contributed by atoms with van der Waals surface area (Å²) in [5.41, 5.74) is 7.52. The maximum atomic E-state index is 4.27. The third-order valence-corrected chi connectivity index (χ3v) is 7.94. The lowest BCUT2D eigenvalue weighted by atomic mass is 9.89. The summed E-state index contributed by atoms with van der Waals surface area (Å²) in [5, 5.41) is 3.70. The van der Waals surface area contributed by atoms with E-state index < -0.39 is 0 Å². The molecule has 2 atom stereocenters. The Kier molecular flexibility index (Phi) is 12.0. The molecule has 2 aliphatic rings. The van der Waals surface area contributed by atoms with E-state index in [0.717, 1.165) is 37.4 Å². The third kappa shape index (κ3) is 9.08. The van der Waals surface area contributed by atoms with Crippen LogP contribution in [0.3, 0.4) is 0 Å². The van der Waals surface area contributed by atoms with Gasteiger partial charge in [0.2, 0.25) is 0 Å². The van der Waals surface area contributed by atoms with Crippen LogP contribution in [0.25, 0.3) is 5.57 Å². The van der Waals surface area contributed by atoms with Crippen molar-refractivity contribution in [2.24, 2.45) is 11.8 Å². The van der Waals surface area contributed by atoms with Crippen LogP contribution in [0.15, 0.2) is 103 Å². The van der Waals surface area contributed by atoms with E-state index in [-0.39, 0.29) is 0 Å². The molecule has 1 N–H and O–H groups in total. The molecule has 0 bridgehead atoms. The van der Waals surface area contributed by atoms with E-state index in [0.29, 0.717) is 12.0 Å². The van der Waals surface area contributed by atoms with Crippen LogP contribution < -0.4 is 5.32 Å². The van der Waals surface area contributed by atoms with Gasteiger partial charge < -0.3 is 10.2 Å². The van der Waals surface area contributed by atoms with Crippen molar-refractivity contribution in [1.29, 1.82) is 0 Å². The van der Waals surface area contributed by atoms with Crippen molar-refractivity contribution in [1.82, 2.24) is 10.2 Å². The Labute approximate surface area is 233 Å². The molecule has 0 radical (unpaired) electrons. The van der Waals surface area contributed by atoms with E-state index in [1.807, 2.05) is 6.08 Å². The average Bonchev–Trinajstić information content (AvgIpc) is 2.91. The number of hydrogen-bond donors (Lipinski definition) is 1. The largest absolute Gasteiger partial charge is 0.388 e. The molecule has 1 heterocycles. The summed E-state index contributed by atoms with van der Waals surface area (Å²) >= 11 is 0. The normalized spacial score (nSPS) is 18.3. The van der Waals surface area contributed by atoms with Gasteiger partial charge in [-0.2, -0.15) is 0 Å². The highest BCUT2D eigenvalue weighted by molar-refractivity contribution is 5.72. The van der Waals surface area contributed by atoms with Crippen LogP contribution in [0, 0.1) is 18.8 Å². The molecule has 0 saturated carbocycles. The van der Waals surface area contributed by atoms with E-state index in [1.165, 1.54) is 60.1 Å². The van der Waals surface area contributed by atoms with Crippen molar-refractivity contribution >= 4 is 5.57 Å². The highest BCUT2D eigenvalue weighted by atomic mass is 15.2. The van der Waals surface area contributed by atoms with Crippen LogP contribution in [0.4, 0.5) is 0 Å². The van der Waals surface area contributed by atoms with Gasteiger partial charge in [-0.15, -0.1) is 0 Å². The summed E-state index contributed by atoms with van der Waals surface area (Å²) in [7, 11) is 0. The van der Waals surface area contributed by atoms with E-state index in [4.69, 9.17) is 0 Å². The Morgan fingerprint density at radius 3 is 2.63 bits per heavy atom. The fourth-order valence-electron chi connectivity index (χ4n) is 5.45. The zero-order valence-electron chi connectivity index (χ0n) is 24.4. The summed E-state index contributed by atoms with van der Waals surface area (Å²) in [6.07, 6.45) is 26.7. The van der Waals surface area contributed by atoms with Gasteiger partial charge >= 0.3 is 0 Å². The zero-order chi connectivity index (χ0) is 27.3. The topological polar surface area (TPSA) is 15.3 Å². The van der Waals surface area contributed by atoms with Crippen LogP contribution >= 0.6 is 0 Å². The summed E-state index contributed by atoms with van der Waals surface area (Å²) < 4.78 is 0. The number of rotatable bonds is 16. The van der Waals surface area contributed by atoms with Gasteiger partial charge in [0.05, 0.1) is 0 Å². The molecule has 1 aliphatic heterocycles. The number of allylic oxidation sites excluding steroid dienone is 6. The van der Waals surface area contributed by atoms with Gasteiger partial charge in [0.15, 0.2) is 0 Å². The van der Waals surface area contributed by atoms with Crippen molar-refractivity contribution < 1.29 is 0 Å². The molecule has 2 heteroatoms. The van der Waals surface area contributed by atoms with Gasteiger partial charge in [0.1, 0.15) is 0 Å². The lowest BCUT2D eigenvalue weighted by Gasteiger charge is -2.34. The molecule has 0 unspecified atom stereocenters. The van der Waals surface area contributed by atoms with Crippen LogP contribution in [-0.4, -0.2) is 24.0 Å². The molecule has 0 spiro atoms. The van der Waals surface area contributed by atoms with Crippen molar-refractivity contribution in [3.8, 4) is 0 Å². The van der Waals surface area contributed by atoms with E-state index >= 15 is 0 Å². The van der Waals surface area contributed by atoms with E-state index in [9.17, 15) is 0 Å². The summed E-state index contributed by atoms with van der Waals surface area (Å²) in [5.74, 6) is 1.34. The Morgan fingerprint density at radius 1 is 1.18 bits per heavy atom. The highest BCUT2D eigenvalue weighted by Gasteiger charge is 2.20. The maximum Gasteiger partial charge on any atom is 0.0429 e. The number of hydrogen-bond acceptors (Lipinski definition) is 2. The minimum absolute atomic E-state index is 0.385. The van der Waals surface area contributed by atoms with Crippen molar-refractivity contribution in [3.63, 3.8) is 0 Å². The Morgan fingerprint density at radius 2 is 1.97 bits per heavy atom. The van der Waals surface area contributed by atoms with Gasteiger partial charge in [-0.3, -0.25) is 0 Å². The molecule has 0 fully saturated rings. The fraction of sp³-hybridized carbons (Fsp3) is 0.444. The maximum absolute atomic E-state index is 4.27. The van der Waals surface area contributed by atoms with Gasteiger partial charge in [-0.1, -0.05) is 113 Å². The van der Waals surface area contributed by atoms with Crippen molar-refractivity contribution in [3.05, 3.63) is 114 Å². The third-order valence-electron chi connectivity index (χ3n) is 7.94. The number of nitrogens with one attached hydrogen (secondary N) is 1. The molecule has 2 nitrogen and oxygen atoms in total. The molecule has 0 aromatic heterocycles. The smallest absolute Gasteiger partial charge is 0.0429 e. The Balaban J connectivity index is 1.51.